The number of carbonyl (C=O) groups is 3. The molecule has 0 aliphatic heterocycles. The highest BCUT2D eigenvalue weighted by Gasteiger charge is 2.20. The molecule has 2 aromatic carbocycles. The Balaban J connectivity index is 1.85. The van der Waals surface area contributed by atoms with Crippen LogP contribution in [0.2, 0.25) is 0 Å². The molecule has 0 saturated carbocycles. The minimum atomic E-state index is -0.997. The number of anilines is 1. The van der Waals surface area contributed by atoms with Crippen molar-refractivity contribution >= 4 is 35.1 Å². The van der Waals surface area contributed by atoms with E-state index in [0.717, 1.165) is 10.5 Å². The van der Waals surface area contributed by atoms with Gasteiger partial charge in [0.1, 0.15) is 5.75 Å². The number of benzene rings is 2. The van der Waals surface area contributed by atoms with E-state index in [1.807, 2.05) is 31.4 Å². The molecule has 0 aromatic heterocycles. The van der Waals surface area contributed by atoms with Gasteiger partial charge >= 0.3 is 5.97 Å². The molecule has 0 spiro atoms. The molecular formula is C22H25NO5S. The number of carbonyl (C=O) groups excluding carboxylic acids is 3. The third-order valence-electron chi connectivity index (χ3n) is 4.26. The summed E-state index contributed by atoms with van der Waals surface area (Å²) in [5.41, 5.74) is 2.01. The van der Waals surface area contributed by atoms with Gasteiger partial charge in [-0.05, 0) is 49.9 Å². The van der Waals surface area contributed by atoms with Crippen molar-refractivity contribution < 1.29 is 23.9 Å². The molecule has 0 aliphatic carbocycles. The maximum atomic E-state index is 12.3. The van der Waals surface area contributed by atoms with Crippen LogP contribution in [0.4, 0.5) is 5.69 Å². The fourth-order valence-corrected chi connectivity index (χ4v) is 3.01. The van der Waals surface area contributed by atoms with Crippen LogP contribution in [0.5, 0.6) is 5.75 Å². The Bertz CT molecular complexity index is 879. The Morgan fingerprint density at radius 3 is 2.38 bits per heavy atom. The van der Waals surface area contributed by atoms with Crippen LogP contribution in [-0.2, 0) is 14.3 Å². The first-order chi connectivity index (χ1) is 13.8. The molecule has 0 saturated heterocycles. The fourth-order valence-electron chi connectivity index (χ4n) is 2.60. The molecule has 1 N–H and O–H groups in total. The predicted molar refractivity (Wildman–Crippen MR) is 114 cm³/mol. The molecule has 7 heteroatoms. The zero-order chi connectivity index (χ0) is 21.4. The van der Waals surface area contributed by atoms with E-state index in [0.29, 0.717) is 17.0 Å². The monoisotopic (exact) mass is 415 g/mol. The van der Waals surface area contributed by atoms with E-state index in [1.54, 1.807) is 36.0 Å². The molecule has 0 radical (unpaired) electrons. The average molecular weight is 416 g/mol. The minimum absolute atomic E-state index is 0.0253. The number of hydrogen-bond acceptors (Lipinski definition) is 6. The van der Waals surface area contributed by atoms with Gasteiger partial charge in [0.05, 0.1) is 19.2 Å². The first-order valence-corrected chi connectivity index (χ1v) is 10.4. The van der Waals surface area contributed by atoms with Crippen molar-refractivity contribution in [3.05, 3.63) is 53.6 Å². The van der Waals surface area contributed by atoms with E-state index in [2.05, 4.69) is 5.32 Å². The molecular weight excluding hydrogens is 390 g/mol. The van der Waals surface area contributed by atoms with Crippen LogP contribution in [0.15, 0.2) is 47.4 Å². The molecule has 29 heavy (non-hydrogen) atoms. The second kappa shape index (κ2) is 10.7. The summed E-state index contributed by atoms with van der Waals surface area (Å²) >= 11 is 1.59. The second-order valence-corrected chi connectivity index (χ2v) is 7.36. The summed E-state index contributed by atoms with van der Waals surface area (Å²) in [5.74, 6) is -0.698. The number of methoxy groups -OCH3 is 1. The number of Topliss-reactive ketones (excluding diaryl/α,β-unsaturated/α-hetero) is 1. The van der Waals surface area contributed by atoms with E-state index in [1.165, 1.54) is 14.0 Å². The third-order valence-corrected chi connectivity index (χ3v) is 5.00. The van der Waals surface area contributed by atoms with E-state index in [-0.39, 0.29) is 18.6 Å². The number of thioether (sulfide) groups is 1. The van der Waals surface area contributed by atoms with Crippen LogP contribution in [0.1, 0.15) is 35.7 Å². The van der Waals surface area contributed by atoms with E-state index >= 15 is 0 Å². The molecule has 1 amide bonds. The summed E-state index contributed by atoms with van der Waals surface area (Å²) in [6.07, 6.45) is 0.897. The van der Waals surface area contributed by atoms with Crippen LogP contribution >= 0.6 is 11.8 Å². The molecule has 0 aliphatic rings. The first kappa shape index (κ1) is 22.5. The molecule has 0 unspecified atom stereocenters. The van der Waals surface area contributed by atoms with Crippen molar-refractivity contribution in [2.45, 2.75) is 37.7 Å². The maximum Gasteiger partial charge on any atom is 0.307 e. The Morgan fingerprint density at radius 2 is 1.76 bits per heavy atom. The Kier molecular flexibility index (Phi) is 8.27. The summed E-state index contributed by atoms with van der Waals surface area (Å²) in [6, 6.07) is 12.6. The van der Waals surface area contributed by atoms with Crippen molar-refractivity contribution in [1.29, 1.82) is 0 Å². The number of aryl methyl sites for hydroxylation is 1. The summed E-state index contributed by atoms with van der Waals surface area (Å²) in [7, 11) is 1.51. The van der Waals surface area contributed by atoms with E-state index < -0.39 is 18.0 Å². The van der Waals surface area contributed by atoms with Gasteiger partial charge in [-0.2, -0.15) is 0 Å². The third kappa shape index (κ3) is 6.64. The molecule has 6 nitrogen and oxygen atoms in total. The summed E-state index contributed by atoms with van der Waals surface area (Å²) < 4.78 is 10.4. The number of nitrogens with one attached hydrogen (secondary N) is 1. The lowest BCUT2D eigenvalue weighted by Crippen LogP contribution is -2.30. The zero-order valence-electron chi connectivity index (χ0n) is 17.0. The quantitative estimate of drug-likeness (QED) is 0.374. The zero-order valence-corrected chi connectivity index (χ0v) is 17.8. The van der Waals surface area contributed by atoms with Crippen molar-refractivity contribution in [2.75, 3.05) is 18.7 Å². The number of ether oxygens (including phenoxy) is 2. The van der Waals surface area contributed by atoms with Crippen molar-refractivity contribution in [2.24, 2.45) is 0 Å². The molecule has 154 valence electrons. The Labute approximate surface area is 175 Å². The highest BCUT2D eigenvalue weighted by Crippen LogP contribution is 2.25. The first-order valence-electron chi connectivity index (χ1n) is 9.16. The van der Waals surface area contributed by atoms with Gasteiger partial charge in [-0.15, -0.1) is 11.8 Å². The van der Waals surface area contributed by atoms with Crippen molar-refractivity contribution in [3.8, 4) is 5.75 Å². The summed E-state index contributed by atoms with van der Waals surface area (Å²) in [6.45, 7) is 3.38. The number of rotatable bonds is 9. The lowest BCUT2D eigenvalue weighted by atomic mass is 10.1. The molecule has 0 heterocycles. The SMILES string of the molecule is COc1ccc(C)cc1NC(=O)[C@H](C)OC(=O)CCC(=O)c1ccc(SC)cc1. The van der Waals surface area contributed by atoms with Crippen LogP contribution in [0.25, 0.3) is 0 Å². The highest BCUT2D eigenvalue weighted by atomic mass is 32.2. The smallest absolute Gasteiger partial charge is 0.307 e. The lowest BCUT2D eigenvalue weighted by Gasteiger charge is -2.15. The topological polar surface area (TPSA) is 81.7 Å². The molecule has 0 bridgehead atoms. The largest absolute Gasteiger partial charge is 0.495 e. The maximum absolute atomic E-state index is 12.3. The normalized spacial score (nSPS) is 11.4. The second-order valence-electron chi connectivity index (χ2n) is 6.48. The molecule has 0 fully saturated rings. The van der Waals surface area contributed by atoms with Crippen LogP contribution in [-0.4, -0.2) is 37.1 Å². The minimum Gasteiger partial charge on any atom is -0.495 e. The van der Waals surface area contributed by atoms with Crippen molar-refractivity contribution in [1.82, 2.24) is 0 Å². The number of hydrogen-bond donors (Lipinski definition) is 1. The van der Waals surface area contributed by atoms with Gasteiger partial charge in [-0.1, -0.05) is 18.2 Å². The number of ketones is 1. The van der Waals surface area contributed by atoms with Crippen molar-refractivity contribution in [3.63, 3.8) is 0 Å². The standard InChI is InChI=1S/C22H25NO5S/c1-14-5-11-20(27-3)18(13-14)23-22(26)15(2)28-21(25)12-10-19(24)16-6-8-17(29-4)9-7-16/h5-9,11,13,15H,10,12H2,1-4H3,(H,23,26)/t15-/m0/s1. The van der Waals surface area contributed by atoms with Gasteiger partial charge in [0.2, 0.25) is 0 Å². The van der Waals surface area contributed by atoms with Gasteiger partial charge in [0.15, 0.2) is 11.9 Å². The molecule has 2 aromatic rings. The van der Waals surface area contributed by atoms with Gasteiger partial charge in [-0.25, -0.2) is 0 Å². The van der Waals surface area contributed by atoms with Gasteiger partial charge < -0.3 is 14.8 Å². The van der Waals surface area contributed by atoms with E-state index in [4.69, 9.17) is 9.47 Å². The van der Waals surface area contributed by atoms with Gasteiger partial charge in [0.25, 0.3) is 5.91 Å². The van der Waals surface area contributed by atoms with Crippen LogP contribution in [0, 0.1) is 6.92 Å². The van der Waals surface area contributed by atoms with E-state index in [9.17, 15) is 14.4 Å². The van der Waals surface area contributed by atoms with Crippen LogP contribution in [0.3, 0.4) is 0 Å². The molecule has 2 rings (SSSR count). The Morgan fingerprint density at radius 1 is 1.07 bits per heavy atom. The van der Waals surface area contributed by atoms with Crippen LogP contribution < -0.4 is 10.1 Å². The fraction of sp³-hybridized carbons (Fsp3) is 0.318. The summed E-state index contributed by atoms with van der Waals surface area (Å²) in [4.78, 5) is 37.6. The number of amides is 1. The predicted octanol–water partition coefficient (Wildman–Crippen LogP) is 4.26. The lowest BCUT2D eigenvalue weighted by molar-refractivity contribution is -0.153. The van der Waals surface area contributed by atoms with Gasteiger partial charge in [0, 0.05) is 16.9 Å². The Hall–Kier alpha value is -2.80. The molecule has 1 atom stereocenters. The summed E-state index contributed by atoms with van der Waals surface area (Å²) in [5, 5.41) is 2.70. The number of esters is 1. The highest BCUT2D eigenvalue weighted by molar-refractivity contribution is 7.98. The average Bonchev–Trinajstić information content (AvgIpc) is 2.72. The van der Waals surface area contributed by atoms with Gasteiger partial charge in [-0.3, -0.25) is 14.4 Å².